The standard InChI is InChI=1S/C31H36N2O3/c1-4-15-32-31(34)27-16-24-17-28-29(36-30(20-35-28)23-13-11-21(3)12-14-23)18-25(24)19-33(27)26(5-2)22-9-7-6-8-10-22/h6-14,17-18,26-27,30H,4-5,15-16,19-20H2,1-3H3,(H,32,34)/t26-,27-,30+/m0/s1. The Morgan fingerprint density at radius 3 is 2.50 bits per heavy atom. The van der Waals surface area contributed by atoms with Crippen molar-refractivity contribution in [1.29, 1.82) is 0 Å². The number of carbonyl (C=O) groups is 1. The molecule has 0 unspecified atom stereocenters. The zero-order valence-corrected chi connectivity index (χ0v) is 21.5. The second-order valence-electron chi connectivity index (χ2n) is 9.91. The maximum atomic E-state index is 13.3. The van der Waals surface area contributed by atoms with Gasteiger partial charge in [0.2, 0.25) is 5.91 Å². The number of amides is 1. The van der Waals surface area contributed by atoms with Crippen molar-refractivity contribution >= 4 is 5.91 Å². The number of ether oxygens (including phenoxy) is 2. The molecular formula is C31H36N2O3. The summed E-state index contributed by atoms with van der Waals surface area (Å²) >= 11 is 0. The summed E-state index contributed by atoms with van der Waals surface area (Å²) in [5, 5.41) is 3.15. The van der Waals surface area contributed by atoms with E-state index in [2.05, 4.69) is 91.7 Å². The first-order chi connectivity index (χ1) is 17.6. The van der Waals surface area contributed by atoms with Crippen LogP contribution in [0.15, 0.2) is 66.7 Å². The van der Waals surface area contributed by atoms with Crippen LogP contribution in [-0.2, 0) is 17.8 Å². The molecule has 2 heterocycles. The fourth-order valence-corrected chi connectivity index (χ4v) is 5.39. The van der Waals surface area contributed by atoms with E-state index in [0.717, 1.165) is 29.9 Å². The molecule has 0 radical (unpaired) electrons. The van der Waals surface area contributed by atoms with Gasteiger partial charge in [0.25, 0.3) is 0 Å². The van der Waals surface area contributed by atoms with E-state index < -0.39 is 0 Å². The summed E-state index contributed by atoms with van der Waals surface area (Å²) in [6.45, 7) is 8.24. The van der Waals surface area contributed by atoms with Gasteiger partial charge in [-0.25, -0.2) is 0 Å². The molecule has 0 aliphatic carbocycles. The predicted molar refractivity (Wildman–Crippen MR) is 142 cm³/mol. The van der Waals surface area contributed by atoms with E-state index in [1.165, 1.54) is 22.3 Å². The Labute approximate surface area is 214 Å². The Morgan fingerprint density at radius 2 is 1.78 bits per heavy atom. The molecule has 5 rings (SSSR count). The second-order valence-corrected chi connectivity index (χ2v) is 9.91. The van der Waals surface area contributed by atoms with Gasteiger partial charge in [-0.3, -0.25) is 9.69 Å². The van der Waals surface area contributed by atoms with E-state index in [1.807, 2.05) is 6.07 Å². The average Bonchev–Trinajstić information content (AvgIpc) is 2.91. The summed E-state index contributed by atoms with van der Waals surface area (Å²) in [5.41, 5.74) is 5.96. The Bertz CT molecular complexity index is 1190. The van der Waals surface area contributed by atoms with Gasteiger partial charge >= 0.3 is 0 Å². The van der Waals surface area contributed by atoms with Gasteiger partial charge in [0.05, 0.1) is 6.04 Å². The summed E-state index contributed by atoms with van der Waals surface area (Å²) in [6, 6.07) is 23.1. The van der Waals surface area contributed by atoms with Crippen LogP contribution in [0, 0.1) is 6.92 Å². The van der Waals surface area contributed by atoms with E-state index in [0.29, 0.717) is 26.1 Å². The maximum absolute atomic E-state index is 13.3. The number of nitrogens with zero attached hydrogens (tertiary/aromatic N) is 1. The van der Waals surface area contributed by atoms with Crippen molar-refractivity contribution in [3.63, 3.8) is 0 Å². The minimum absolute atomic E-state index is 0.103. The molecule has 3 aromatic carbocycles. The van der Waals surface area contributed by atoms with Crippen LogP contribution in [0.5, 0.6) is 11.5 Å². The summed E-state index contributed by atoms with van der Waals surface area (Å²) in [7, 11) is 0. The lowest BCUT2D eigenvalue weighted by molar-refractivity contribution is -0.128. The van der Waals surface area contributed by atoms with Crippen molar-refractivity contribution in [3.05, 3.63) is 94.5 Å². The third-order valence-electron chi connectivity index (χ3n) is 7.36. The smallest absolute Gasteiger partial charge is 0.237 e. The van der Waals surface area contributed by atoms with Gasteiger partial charge in [-0.1, -0.05) is 74.0 Å². The SMILES string of the molecule is CCCNC(=O)[C@@H]1Cc2cc3c(cc2CN1[C@@H](CC)c1ccccc1)O[C@@H](c1ccc(C)cc1)CO3. The van der Waals surface area contributed by atoms with E-state index in [4.69, 9.17) is 9.47 Å². The molecule has 3 aromatic rings. The first-order valence-corrected chi connectivity index (χ1v) is 13.2. The molecule has 0 bridgehead atoms. The first-order valence-electron chi connectivity index (χ1n) is 13.2. The Hall–Kier alpha value is -3.31. The van der Waals surface area contributed by atoms with E-state index in [1.54, 1.807) is 0 Å². The fourth-order valence-electron chi connectivity index (χ4n) is 5.39. The highest BCUT2D eigenvalue weighted by Gasteiger charge is 2.37. The van der Waals surface area contributed by atoms with Crippen molar-refractivity contribution in [2.45, 2.75) is 64.8 Å². The monoisotopic (exact) mass is 484 g/mol. The molecule has 0 spiro atoms. The van der Waals surface area contributed by atoms with Crippen LogP contribution in [0.2, 0.25) is 0 Å². The van der Waals surface area contributed by atoms with Crippen molar-refractivity contribution < 1.29 is 14.3 Å². The minimum Gasteiger partial charge on any atom is -0.485 e. The van der Waals surface area contributed by atoms with Gasteiger partial charge in [-0.05, 0) is 60.6 Å². The molecule has 2 aliphatic heterocycles. The summed E-state index contributed by atoms with van der Waals surface area (Å²) in [6.07, 6.45) is 2.38. The Morgan fingerprint density at radius 1 is 1.03 bits per heavy atom. The first kappa shape index (κ1) is 24.4. The van der Waals surface area contributed by atoms with Crippen LogP contribution in [0.25, 0.3) is 0 Å². The zero-order chi connectivity index (χ0) is 25.1. The molecule has 1 amide bonds. The van der Waals surface area contributed by atoms with Crippen molar-refractivity contribution in [2.24, 2.45) is 0 Å². The fraction of sp³-hybridized carbons (Fsp3) is 0.387. The largest absolute Gasteiger partial charge is 0.485 e. The highest BCUT2D eigenvalue weighted by molar-refractivity contribution is 5.82. The Balaban J connectivity index is 1.46. The van der Waals surface area contributed by atoms with E-state index in [-0.39, 0.29) is 24.1 Å². The molecule has 36 heavy (non-hydrogen) atoms. The third kappa shape index (κ3) is 4.98. The topological polar surface area (TPSA) is 50.8 Å². The van der Waals surface area contributed by atoms with Gasteiger partial charge in [0.1, 0.15) is 6.61 Å². The molecule has 2 aliphatic rings. The third-order valence-corrected chi connectivity index (χ3v) is 7.36. The average molecular weight is 485 g/mol. The lowest BCUT2D eigenvalue weighted by Crippen LogP contribution is -2.51. The quantitative estimate of drug-likeness (QED) is 0.453. The molecule has 188 valence electrons. The molecule has 5 nitrogen and oxygen atoms in total. The van der Waals surface area contributed by atoms with E-state index >= 15 is 0 Å². The van der Waals surface area contributed by atoms with Crippen LogP contribution in [0.1, 0.15) is 66.7 Å². The second kappa shape index (κ2) is 10.8. The molecular weight excluding hydrogens is 448 g/mol. The summed E-state index contributed by atoms with van der Waals surface area (Å²) in [5.74, 6) is 1.66. The van der Waals surface area contributed by atoms with Gasteiger partial charge in [0.15, 0.2) is 17.6 Å². The van der Waals surface area contributed by atoms with Crippen LogP contribution in [-0.4, -0.2) is 30.0 Å². The highest BCUT2D eigenvalue weighted by Crippen LogP contribution is 2.42. The molecule has 5 heteroatoms. The summed E-state index contributed by atoms with van der Waals surface area (Å²) < 4.78 is 12.6. The number of benzene rings is 3. The molecule has 0 aromatic heterocycles. The van der Waals surface area contributed by atoms with Gasteiger partial charge in [-0.15, -0.1) is 0 Å². The van der Waals surface area contributed by atoms with Gasteiger partial charge in [0, 0.05) is 19.1 Å². The highest BCUT2D eigenvalue weighted by atomic mass is 16.6. The lowest BCUT2D eigenvalue weighted by Gasteiger charge is -2.41. The molecule has 0 saturated heterocycles. The molecule has 0 fully saturated rings. The number of rotatable bonds is 7. The normalized spacial score (nSPS) is 19.9. The number of hydrogen-bond acceptors (Lipinski definition) is 4. The molecule has 1 N–H and O–H groups in total. The zero-order valence-electron chi connectivity index (χ0n) is 21.5. The number of fused-ring (bicyclic) bond motifs is 2. The summed E-state index contributed by atoms with van der Waals surface area (Å²) in [4.78, 5) is 15.7. The lowest BCUT2D eigenvalue weighted by atomic mass is 9.89. The van der Waals surface area contributed by atoms with Crippen LogP contribution in [0.4, 0.5) is 0 Å². The number of aryl methyl sites for hydroxylation is 1. The van der Waals surface area contributed by atoms with Gasteiger partial charge in [-0.2, -0.15) is 0 Å². The van der Waals surface area contributed by atoms with Crippen LogP contribution in [0.3, 0.4) is 0 Å². The Kier molecular flexibility index (Phi) is 7.28. The molecule has 0 saturated carbocycles. The number of nitrogens with one attached hydrogen (secondary N) is 1. The molecule has 3 atom stereocenters. The predicted octanol–water partition coefficient (Wildman–Crippen LogP) is 5.91. The number of carbonyl (C=O) groups excluding carboxylic acids is 1. The minimum atomic E-state index is -0.225. The van der Waals surface area contributed by atoms with Gasteiger partial charge < -0.3 is 14.8 Å². The van der Waals surface area contributed by atoms with Crippen LogP contribution >= 0.6 is 0 Å². The van der Waals surface area contributed by atoms with Crippen molar-refractivity contribution in [2.75, 3.05) is 13.2 Å². The van der Waals surface area contributed by atoms with E-state index in [9.17, 15) is 4.79 Å². The van der Waals surface area contributed by atoms with Crippen molar-refractivity contribution in [1.82, 2.24) is 10.2 Å². The number of hydrogen-bond donors (Lipinski definition) is 1. The van der Waals surface area contributed by atoms with Crippen molar-refractivity contribution in [3.8, 4) is 11.5 Å². The maximum Gasteiger partial charge on any atom is 0.237 e. The van der Waals surface area contributed by atoms with Crippen LogP contribution < -0.4 is 14.8 Å².